The van der Waals surface area contributed by atoms with Gasteiger partial charge in [-0.25, -0.2) is 4.98 Å². The Morgan fingerprint density at radius 1 is 1.17 bits per heavy atom. The molecule has 3 unspecified atom stereocenters. The first kappa shape index (κ1) is 14.7. The lowest BCUT2D eigenvalue weighted by atomic mass is 9.93. The summed E-state index contributed by atoms with van der Waals surface area (Å²) in [4.78, 5) is 9.49. The van der Waals surface area contributed by atoms with Crippen LogP contribution in [0, 0.1) is 36.0 Å². The van der Waals surface area contributed by atoms with Crippen molar-refractivity contribution in [3.8, 4) is 6.07 Å². The Labute approximate surface area is 138 Å². The van der Waals surface area contributed by atoms with Crippen LogP contribution in [-0.4, -0.2) is 42.6 Å². The maximum absolute atomic E-state index is 9.31. The molecular weight excluding hydrogens is 284 g/mol. The van der Waals surface area contributed by atoms with Crippen molar-refractivity contribution in [2.24, 2.45) is 17.8 Å². The van der Waals surface area contributed by atoms with Crippen LogP contribution in [0.2, 0.25) is 0 Å². The highest BCUT2D eigenvalue weighted by Gasteiger charge is 2.36. The Morgan fingerprint density at radius 2 is 2.00 bits per heavy atom. The fraction of sp³-hybridized carbons (Fsp3) is 0.579. The number of rotatable bonds is 3. The molecule has 1 aromatic rings. The molecule has 0 N–H and O–H groups in total. The number of aryl methyl sites for hydroxylation is 1. The minimum absolute atomic E-state index is 0.697. The van der Waals surface area contributed by atoms with E-state index in [2.05, 4.69) is 33.0 Å². The molecular formula is C19H24N4. The molecule has 0 amide bonds. The molecule has 1 aromatic heterocycles. The topological polar surface area (TPSA) is 43.2 Å². The largest absolute Gasteiger partial charge is 0.353 e. The summed E-state index contributed by atoms with van der Waals surface area (Å²) in [6.45, 7) is 7.34. The molecule has 0 aromatic carbocycles. The van der Waals surface area contributed by atoms with Gasteiger partial charge in [0.05, 0.1) is 5.56 Å². The van der Waals surface area contributed by atoms with E-state index in [1.807, 2.05) is 19.1 Å². The molecule has 0 radical (unpaired) electrons. The standard InChI is InChI=1S/C19H24N4/c1-14-2-4-17(12-20)19(21-14)23-8-6-22(7-9-23)13-18-11-15-3-5-16(18)10-15/h2-5,15-16,18H,6-11,13H2,1H3. The van der Waals surface area contributed by atoms with Crippen LogP contribution in [0.4, 0.5) is 5.82 Å². The van der Waals surface area contributed by atoms with E-state index in [4.69, 9.17) is 0 Å². The van der Waals surface area contributed by atoms with Gasteiger partial charge < -0.3 is 4.90 Å². The highest BCUT2D eigenvalue weighted by molar-refractivity contribution is 5.54. The first-order valence-corrected chi connectivity index (χ1v) is 8.76. The average molecular weight is 308 g/mol. The van der Waals surface area contributed by atoms with Crippen molar-refractivity contribution in [1.82, 2.24) is 9.88 Å². The van der Waals surface area contributed by atoms with Gasteiger partial charge in [0.1, 0.15) is 11.9 Å². The summed E-state index contributed by atoms with van der Waals surface area (Å²) in [5.74, 6) is 3.43. The summed E-state index contributed by atoms with van der Waals surface area (Å²) in [5, 5.41) is 9.31. The fourth-order valence-corrected chi connectivity index (χ4v) is 4.45. The van der Waals surface area contributed by atoms with Gasteiger partial charge in [-0.2, -0.15) is 5.26 Å². The van der Waals surface area contributed by atoms with Crippen LogP contribution in [0.5, 0.6) is 0 Å². The summed E-state index contributed by atoms with van der Waals surface area (Å²) in [5.41, 5.74) is 1.68. The third kappa shape index (κ3) is 2.86. The number of aromatic nitrogens is 1. The van der Waals surface area contributed by atoms with Gasteiger partial charge in [0, 0.05) is 38.4 Å². The van der Waals surface area contributed by atoms with E-state index < -0.39 is 0 Å². The number of nitriles is 1. The normalized spacial score (nSPS) is 29.9. The van der Waals surface area contributed by atoms with Gasteiger partial charge in [-0.15, -0.1) is 0 Å². The van der Waals surface area contributed by atoms with Crippen molar-refractivity contribution >= 4 is 5.82 Å². The van der Waals surface area contributed by atoms with Crippen molar-refractivity contribution in [2.45, 2.75) is 19.8 Å². The Bertz CT molecular complexity index is 652. The molecule has 2 heterocycles. The maximum Gasteiger partial charge on any atom is 0.146 e. The molecule has 1 saturated heterocycles. The van der Waals surface area contributed by atoms with Gasteiger partial charge in [-0.3, -0.25) is 4.90 Å². The van der Waals surface area contributed by atoms with E-state index in [1.54, 1.807) is 0 Å². The number of nitrogens with zero attached hydrogens (tertiary/aromatic N) is 4. The zero-order valence-electron chi connectivity index (χ0n) is 13.8. The van der Waals surface area contributed by atoms with Crippen molar-refractivity contribution in [1.29, 1.82) is 5.26 Å². The number of pyridine rings is 1. The molecule has 2 aliphatic carbocycles. The fourth-order valence-electron chi connectivity index (χ4n) is 4.45. The summed E-state index contributed by atoms with van der Waals surface area (Å²) < 4.78 is 0. The maximum atomic E-state index is 9.31. The van der Waals surface area contributed by atoms with Gasteiger partial charge in [0.25, 0.3) is 0 Å². The Balaban J connectivity index is 1.37. The summed E-state index contributed by atoms with van der Waals surface area (Å²) in [6.07, 6.45) is 7.65. The van der Waals surface area contributed by atoms with Crippen LogP contribution in [0.3, 0.4) is 0 Å². The van der Waals surface area contributed by atoms with Crippen LogP contribution in [-0.2, 0) is 0 Å². The van der Waals surface area contributed by atoms with Gasteiger partial charge in [-0.1, -0.05) is 12.2 Å². The molecule has 4 rings (SSSR count). The number of hydrogen-bond acceptors (Lipinski definition) is 4. The predicted octanol–water partition coefficient (Wildman–Crippen LogP) is 2.60. The van der Waals surface area contributed by atoms with E-state index in [0.29, 0.717) is 5.56 Å². The van der Waals surface area contributed by atoms with Crippen LogP contribution >= 0.6 is 0 Å². The lowest BCUT2D eigenvalue weighted by Gasteiger charge is -2.37. The van der Waals surface area contributed by atoms with E-state index >= 15 is 0 Å². The van der Waals surface area contributed by atoms with Gasteiger partial charge >= 0.3 is 0 Å². The number of anilines is 1. The minimum atomic E-state index is 0.697. The van der Waals surface area contributed by atoms with Crippen molar-refractivity contribution in [3.05, 3.63) is 35.5 Å². The minimum Gasteiger partial charge on any atom is -0.353 e. The monoisotopic (exact) mass is 308 g/mol. The molecule has 3 aliphatic rings. The van der Waals surface area contributed by atoms with Crippen LogP contribution in [0.15, 0.2) is 24.3 Å². The van der Waals surface area contributed by atoms with Gasteiger partial charge in [0.15, 0.2) is 0 Å². The van der Waals surface area contributed by atoms with E-state index in [9.17, 15) is 5.26 Å². The Hall–Kier alpha value is -1.86. The molecule has 4 nitrogen and oxygen atoms in total. The van der Waals surface area contributed by atoms with E-state index in [0.717, 1.165) is 55.4 Å². The summed E-state index contributed by atoms with van der Waals surface area (Å²) in [7, 11) is 0. The third-order valence-corrected chi connectivity index (χ3v) is 5.72. The lowest BCUT2D eigenvalue weighted by Crippen LogP contribution is -2.48. The molecule has 23 heavy (non-hydrogen) atoms. The Morgan fingerprint density at radius 3 is 2.65 bits per heavy atom. The second-order valence-corrected chi connectivity index (χ2v) is 7.26. The molecule has 0 spiro atoms. The van der Waals surface area contributed by atoms with Crippen LogP contribution in [0.25, 0.3) is 0 Å². The first-order chi connectivity index (χ1) is 11.2. The number of hydrogen-bond donors (Lipinski definition) is 0. The lowest BCUT2D eigenvalue weighted by molar-refractivity contribution is 0.204. The summed E-state index contributed by atoms with van der Waals surface area (Å²) in [6, 6.07) is 6.10. The zero-order valence-corrected chi connectivity index (χ0v) is 13.8. The predicted molar refractivity (Wildman–Crippen MR) is 91.2 cm³/mol. The van der Waals surface area contributed by atoms with Crippen LogP contribution in [0.1, 0.15) is 24.1 Å². The van der Waals surface area contributed by atoms with E-state index in [1.165, 1.54) is 19.4 Å². The molecule has 1 saturated carbocycles. The first-order valence-electron chi connectivity index (χ1n) is 8.76. The Kier molecular flexibility index (Phi) is 3.82. The van der Waals surface area contributed by atoms with Gasteiger partial charge in [-0.05, 0) is 49.7 Å². The highest BCUT2D eigenvalue weighted by atomic mass is 15.3. The highest BCUT2D eigenvalue weighted by Crippen LogP contribution is 2.43. The molecule has 120 valence electrons. The van der Waals surface area contributed by atoms with Crippen molar-refractivity contribution < 1.29 is 0 Å². The van der Waals surface area contributed by atoms with Gasteiger partial charge in [0.2, 0.25) is 0 Å². The molecule has 1 aliphatic heterocycles. The summed E-state index contributed by atoms with van der Waals surface area (Å²) >= 11 is 0. The van der Waals surface area contributed by atoms with Crippen molar-refractivity contribution in [3.63, 3.8) is 0 Å². The second-order valence-electron chi connectivity index (χ2n) is 7.26. The van der Waals surface area contributed by atoms with E-state index in [-0.39, 0.29) is 0 Å². The zero-order chi connectivity index (χ0) is 15.8. The number of fused-ring (bicyclic) bond motifs is 2. The van der Waals surface area contributed by atoms with Crippen LogP contribution < -0.4 is 4.90 Å². The molecule has 3 atom stereocenters. The number of allylic oxidation sites excluding steroid dienone is 2. The molecule has 4 heteroatoms. The smallest absolute Gasteiger partial charge is 0.146 e. The van der Waals surface area contributed by atoms with Crippen molar-refractivity contribution in [2.75, 3.05) is 37.6 Å². The molecule has 2 fully saturated rings. The second kappa shape index (κ2) is 5.98. The quantitative estimate of drug-likeness (QED) is 0.805. The third-order valence-electron chi connectivity index (χ3n) is 5.72. The molecule has 2 bridgehead atoms. The SMILES string of the molecule is Cc1ccc(C#N)c(N2CCN(CC3CC4C=CC3C4)CC2)n1. The average Bonchev–Trinajstić information content (AvgIpc) is 3.18. The number of piperazine rings is 1.